The Morgan fingerprint density at radius 2 is 1.06 bits per heavy atom. The van der Waals surface area contributed by atoms with Crippen LogP contribution in [-0.4, -0.2) is 38.4 Å². The van der Waals surface area contributed by atoms with Crippen molar-refractivity contribution in [2.45, 2.75) is 39.6 Å². The molecule has 1 unspecified atom stereocenters. The summed E-state index contributed by atoms with van der Waals surface area (Å²) in [6.07, 6.45) is -1.49. The third kappa shape index (κ3) is 7.30. The normalized spacial score (nSPS) is 13.5. The van der Waals surface area contributed by atoms with E-state index in [4.69, 9.17) is 18.9 Å². The van der Waals surface area contributed by atoms with Gasteiger partial charge in [-0.1, -0.05) is 121 Å². The molecular weight excluding hydrogens is 791 g/mol. The van der Waals surface area contributed by atoms with Crippen LogP contribution in [0, 0.1) is 0 Å². The molecule has 7 aromatic carbocycles. The lowest BCUT2D eigenvalue weighted by Gasteiger charge is -2.23. The summed E-state index contributed by atoms with van der Waals surface area (Å²) in [6, 6.07) is 50.5. The Morgan fingerprint density at radius 3 is 1.62 bits per heavy atom. The quantitative estimate of drug-likeness (QED) is 0.0828. The molecule has 0 bridgehead atoms. The second-order valence-electron chi connectivity index (χ2n) is 15.7. The first-order valence-corrected chi connectivity index (χ1v) is 20.8. The summed E-state index contributed by atoms with van der Waals surface area (Å²) >= 11 is 0. The zero-order valence-electron chi connectivity index (χ0n) is 34.7. The number of carbonyl (C=O) groups excluding carboxylic acids is 2. The van der Waals surface area contributed by atoms with Crippen LogP contribution >= 0.6 is 0 Å². The zero-order chi connectivity index (χ0) is 43.0. The van der Waals surface area contributed by atoms with Gasteiger partial charge in [0.15, 0.2) is 12.0 Å². The van der Waals surface area contributed by atoms with Gasteiger partial charge >= 0.3 is 0 Å². The molecule has 2 N–H and O–H groups in total. The van der Waals surface area contributed by atoms with Crippen molar-refractivity contribution in [1.82, 2.24) is 14.5 Å². The molecule has 0 aliphatic carbocycles. The molecule has 0 saturated carbocycles. The lowest BCUT2D eigenvalue weighted by molar-refractivity contribution is 0.0372. The number of fused-ring (bicyclic) bond motifs is 10. The van der Waals surface area contributed by atoms with Crippen LogP contribution in [0.25, 0.3) is 43.6 Å². The summed E-state index contributed by atoms with van der Waals surface area (Å²) in [5.74, 6) is 0.861. The maximum Gasteiger partial charge on any atom is 0.262 e. The summed E-state index contributed by atoms with van der Waals surface area (Å²) in [6.45, 7) is 2.82. The fourth-order valence-electron chi connectivity index (χ4n) is 8.47. The highest BCUT2D eigenvalue weighted by atomic mass is 16.5. The summed E-state index contributed by atoms with van der Waals surface area (Å²) < 4.78 is 27.3. The number of amides is 2. The summed E-state index contributed by atoms with van der Waals surface area (Å²) in [4.78, 5) is 33.4. The van der Waals surface area contributed by atoms with Crippen LogP contribution in [0.3, 0.4) is 0 Å². The molecule has 3 heterocycles. The van der Waals surface area contributed by atoms with Gasteiger partial charge in [0.1, 0.15) is 43.7 Å². The van der Waals surface area contributed by atoms with E-state index in [9.17, 15) is 14.7 Å². The van der Waals surface area contributed by atoms with Gasteiger partial charge in [0.2, 0.25) is 0 Å². The molecule has 10 heteroatoms. The first-order valence-electron chi connectivity index (χ1n) is 20.8. The maximum absolute atomic E-state index is 14.4. The zero-order valence-corrected chi connectivity index (χ0v) is 34.7. The van der Waals surface area contributed by atoms with Crippen LogP contribution in [0.1, 0.15) is 56.1 Å². The number of nitrogens with zero attached hydrogens (tertiary/aromatic N) is 2. The third-order valence-electron chi connectivity index (χ3n) is 11.6. The number of aromatic amines is 1. The van der Waals surface area contributed by atoms with E-state index in [1.807, 2.05) is 158 Å². The van der Waals surface area contributed by atoms with E-state index in [1.54, 1.807) is 11.5 Å². The third-order valence-corrected chi connectivity index (χ3v) is 11.6. The van der Waals surface area contributed by atoms with Gasteiger partial charge in [-0.15, -0.1) is 0 Å². The molecule has 63 heavy (non-hydrogen) atoms. The molecule has 1 atom stereocenters. The molecule has 10 rings (SSSR count). The Balaban J connectivity index is 1.21. The van der Waals surface area contributed by atoms with E-state index in [0.717, 1.165) is 32.5 Å². The number of imide groups is 1. The van der Waals surface area contributed by atoms with Gasteiger partial charge in [-0.3, -0.25) is 14.5 Å². The van der Waals surface area contributed by atoms with Crippen molar-refractivity contribution in [3.05, 3.63) is 203 Å². The minimum Gasteiger partial charge on any atom is -0.490 e. The number of aromatic nitrogens is 2. The predicted molar refractivity (Wildman–Crippen MR) is 243 cm³/mol. The second kappa shape index (κ2) is 16.6. The first kappa shape index (κ1) is 39.3. The van der Waals surface area contributed by atoms with Gasteiger partial charge in [0.05, 0.1) is 33.2 Å². The number of hydrogen-bond donors (Lipinski definition) is 2. The van der Waals surface area contributed by atoms with E-state index in [0.29, 0.717) is 74.3 Å². The van der Waals surface area contributed by atoms with E-state index >= 15 is 0 Å². The molecule has 9 aromatic rings. The number of aliphatic hydroxyl groups is 1. The maximum atomic E-state index is 14.4. The first-order chi connectivity index (χ1) is 30.8. The van der Waals surface area contributed by atoms with Gasteiger partial charge in [0.25, 0.3) is 11.8 Å². The molecular formula is C53H43N3O7. The van der Waals surface area contributed by atoms with Crippen molar-refractivity contribution in [1.29, 1.82) is 0 Å². The molecule has 1 aliphatic rings. The topological polar surface area (TPSA) is 115 Å². The number of hydrogen-bond acceptors (Lipinski definition) is 7. The van der Waals surface area contributed by atoms with Crippen LogP contribution in [0.2, 0.25) is 0 Å². The van der Waals surface area contributed by atoms with Crippen LogP contribution in [0.4, 0.5) is 0 Å². The van der Waals surface area contributed by atoms with Crippen molar-refractivity contribution in [3.8, 4) is 11.5 Å². The van der Waals surface area contributed by atoms with Gasteiger partial charge in [0, 0.05) is 40.7 Å². The summed E-state index contributed by atoms with van der Waals surface area (Å²) in [5.41, 5.74) is 6.71. The van der Waals surface area contributed by atoms with E-state index in [-0.39, 0.29) is 24.5 Å². The number of benzene rings is 7. The van der Waals surface area contributed by atoms with Crippen molar-refractivity contribution >= 4 is 55.4 Å². The predicted octanol–water partition coefficient (Wildman–Crippen LogP) is 11.0. The minimum absolute atomic E-state index is 0.141. The Kier molecular flexibility index (Phi) is 10.3. The number of H-pyrrole nitrogens is 1. The number of carbonyl (C=O) groups is 2. The molecule has 2 amide bonds. The molecule has 0 spiro atoms. The fourth-order valence-corrected chi connectivity index (χ4v) is 8.47. The SMILES string of the molecule is C/C(OCc1ccccc1)=C(/OCc1ccccc1)C(O)n1c2cc(OCc3ccccc3)ccc2c2c3c(c4c5ccc(OCc6ccccc6)cc5[nH]c4c21)C(=O)N(C)C3=O. The molecule has 0 radical (unpaired) electrons. The van der Waals surface area contributed by atoms with Crippen molar-refractivity contribution in [2.24, 2.45) is 0 Å². The summed E-state index contributed by atoms with van der Waals surface area (Å²) in [5, 5.41) is 15.5. The Labute approximate surface area is 363 Å². The Morgan fingerprint density at radius 1 is 0.587 bits per heavy atom. The molecule has 10 nitrogen and oxygen atoms in total. The monoisotopic (exact) mass is 833 g/mol. The largest absolute Gasteiger partial charge is 0.490 e. The van der Waals surface area contributed by atoms with Gasteiger partial charge in [-0.25, -0.2) is 0 Å². The van der Waals surface area contributed by atoms with Crippen molar-refractivity contribution in [3.63, 3.8) is 0 Å². The second-order valence-corrected chi connectivity index (χ2v) is 15.7. The molecule has 312 valence electrons. The molecule has 1 aliphatic heterocycles. The highest BCUT2D eigenvalue weighted by molar-refractivity contribution is 6.39. The lowest BCUT2D eigenvalue weighted by Crippen LogP contribution is -2.24. The average Bonchev–Trinajstić information content (AvgIpc) is 3.94. The fraction of sp³-hybridized carbons (Fsp3) is 0.132. The summed E-state index contributed by atoms with van der Waals surface area (Å²) in [7, 11) is 1.50. The van der Waals surface area contributed by atoms with Gasteiger partial charge in [-0.05, 0) is 53.4 Å². The molecule has 0 saturated heterocycles. The Bertz CT molecular complexity index is 3200. The average molecular weight is 834 g/mol. The van der Waals surface area contributed by atoms with Gasteiger partial charge in [-0.2, -0.15) is 0 Å². The van der Waals surface area contributed by atoms with Crippen LogP contribution < -0.4 is 9.47 Å². The van der Waals surface area contributed by atoms with E-state index in [2.05, 4.69) is 4.98 Å². The molecule has 0 fully saturated rings. The van der Waals surface area contributed by atoms with Crippen molar-refractivity contribution in [2.75, 3.05) is 7.05 Å². The number of nitrogens with one attached hydrogen (secondary N) is 1. The minimum atomic E-state index is -1.49. The van der Waals surface area contributed by atoms with Crippen LogP contribution in [0.15, 0.2) is 169 Å². The van der Waals surface area contributed by atoms with Gasteiger partial charge < -0.3 is 33.6 Å². The smallest absolute Gasteiger partial charge is 0.262 e. The van der Waals surface area contributed by atoms with Crippen LogP contribution in [-0.2, 0) is 35.9 Å². The number of ether oxygens (including phenoxy) is 4. The Hall–Kier alpha value is -7.82. The highest BCUT2D eigenvalue weighted by Gasteiger charge is 2.40. The highest BCUT2D eigenvalue weighted by Crippen LogP contribution is 2.47. The van der Waals surface area contributed by atoms with Crippen molar-refractivity contribution < 1.29 is 33.6 Å². The van der Waals surface area contributed by atoms with E-state index in [1.165, 1.54) is 7.05 Å². The van der Waals surface area contributed by atoms with E-state index < -0.39 is 18.0 Å². The van der Waals surface area contributed by atoms with Crippen LogP contribution in [0.5, 0.6) is 11.5 Å². The molecule has 2 aromatic heterocycles. The number of aliphatic hydroxyl groups excluding tert-OH is 1. The number of rotatable bonds is 14. The lowest BCUT2D eigenvalue weighted by atomic mass is 9.96. The number of allylic oxidation sites excluding steroid dienone is 1. The standard InChI is InChI=1S/C53H43N3O7/c1-33(60-29-34-15-7-3-8-16-34)50(63-32-37-21-13-6-14-22-37)53(59)56-43-28-39(62-31-36-19-11-5-12-20-36)24-26-41(43)45-47-46(51(57)55(2)52(47)58)44-40-25-23-38(27-42(40)54-48(44)49(45)56)61-30-35-17-9-4-10-18-35/h3-28,53-54,59H,29-32H2,1-2H3/b50-33-.